The standard InChI is InChI=1S/C54H102O6/c1-4-7-10-13-16-19-22-25-27-30-33-36-39-42-45-48-54(57)60-51(49-58-52(55)46-43-40-37-34-31-28-24-21-18-15-12-9-6-3)50-59-53(56)47-44-41-38-35-32-29-26-23-20-17-14-11-8-5-2/h25,27,51H,4-24,26,28-50H2,1-3H3/b27-25-/t51-/m1/s1. The average molecular weight is 847 g/mol. The molecule has 1 atom stereocenters. The van der Waals surface area contributed by atoms with E-state index in [1.54, 1.807) is 0 Å². The lowest BCUT2D eigenvalue weighted by atomic mass is 10.0. The fourth-order valence-electron chi connectivity index (χ4n) is 7.97. The van der Waals surface area contributed by atoms with Crippen molar-refractivity contribution in [1.82, 2.24) is 0 Å². The highest BCUT2D eigenvalue weighted by molar-refractivity contribution is 5.71. The number of hydrogen-bond acceptors (Lipinski definition) is 6. The minimum Gasteiger partial charge on any atom is -0.462 e. The number of rotatable bonds is 49. The number of hydrogen-bond donors (Lipinski definition) is 0. The number of carbonyl (C=O) groups is 3. The Balaban J connectivity index is 4.34. The van der Waals surface area contributed by atoms with Crippen LogP contribution in [0.5, 0.6) is 0 Å². The van der Waals surface area contributed by atoms with E-state index < -0.39 is 6.10 Å². The molecule has 0 rings (SSSR count). The molecule has 0 saturated carbocycles. The van der Waals surface area contributed by atoms with Crippen molar-refractivity contribution in [2.24, 2.45) is 0 Å². The molecule has 0 aromatic heterocycles. The topological polar surface area (TPSA) is 78.9 Å². The zero-order valence-electron chi connectivity index (χ0n) is 40.5. The predicted octanol–water partition coefficient (Wildman–Crippen LogP) is 17.4. The van der Waals surface area contributed by atoms with E-state index in [9.17, 15) is 14.4 Å². The SMILES string of the molecule is CCCCCCCC/C=C\CCCCCCCC(=O)O[C@H](COC(=O)CCCCCCCCCCCCCCC)COC(=O)CCCCCCCCCCCCCCCC. The van der Waals surface area contributed by atoms with Gasteiger partial charge in [0.05, 0.1) is 0 Å². The van der Waals surface area contributed by atoms with E-state index in [1.165, 1.54) is 193 Å². The molecule has 0 spiro atoms. The van der Waals surface area contributed by atoms with E-state index in [0.29, 0.717) is 19.3 Å². The number of unbranched alkanes of at least 4 members (excludes halogenated alkanes) is 36. The van der Waals surface area contributed by atoms with E-state index >= 15 is 0 Å². The van der Waals surface area contributed by atoms with E-state index in [4.69, 9.17) is 14.2 Å². The Morgan fingerprint density at radius 2 is 0.550 bits per heavy atom. The number of allylic oxidation sites excluding steroid dienone is 2. The summed E-state index contributed by atoms with van der Waals surface area (Å²) in [4.78, 5) is 38.0. The van der Waals surface area contributed by atoms with Crippen LogP contribution in [0.15, 0.2) is 12.2 Å². The third kappa shape index (κ3) is 47.2. The zero-order chi connectivity index (χ0) is 43.7. The molecule has 0 bridgehead atoms. The molecular formula is C54H102O6. The number of esters is 3. The molecule has 0 saturated heterocycles. The molecule has 0 aromatic carbocycles. The second-order valence-electron chi connectivity index (χ2n) is 18.2. The molecule has 0 aliphatic rings. The van der Waals surface area contributed by atoms with Gasteiger partial charge >= 0.3 is 17.9 Å². The van der Waals surface area contributed by atoms with Crippen LogP contribution in [0.4, 0.5) is 0 Å². The second kappa shape index (κ2) is 49.8. The summed E-state index contributed by atoms with van der Waals surface area (Å²) in [7, 11) is 0. The smallest absolute Gasteiger partial charge is 0.306 e. The Morgan fingerprint density at radius 1 is 0.317 bits per heavy atom. The highest BCUT2D eigenvalue weighted by Crippen LogP contribution is 2.16. The highest BCUT2D eigenvalue weighted by atomic mass is 16.6. The van der Waals surface area contributed by atoms with Crippen molar-refractivity contribution in [3.63, 3.8) is 0 Å². The van der Waals surface area contributed by atoms with Crippen LogP contribution in [0.3, 0.4) is 0 Å². The van der Waals surface area contributed by atoms with Gasteiger partial charge in [0, 0.05) is 19.3 Å². The predicted molar refractivity (Wildman–Crippen MR) is 256 cm³/mol. The molecule has 6 nitrogen and oxygen atoms in total. The van der Waals surface area contributed by atoms with Crippen LogP contribution in [-0.2, 0) is 28.6 Å². The molecule has 0 aromatic rings. The summed E-state index contributed by atoms with van der Waals surface area (Å²) in [6, 6.07) is 0. The van der Waals surface area contributed by atoms with Gasteiger partial charge in [-0.05, 0) is 44.9 Å². The van der Waals surface area contributed by atoms with Crippen LogP contribution in [0, 0.1) is 0 Å². The van der Waals surface area contributed by atoms with Gasteiger partial charge in [-0.15, -0.1) is 0 Å². The van der Waals surface area contributed by atoms with Gasteiger partial charge in [0.25, 0.3) is 0 Å². The van der Waals surface area contributed by atoms with Gasteiger partial charge in [-0.3, -0.25) is 14.4 Å². The first-order valence-electron chi connectivity index (χ1n) is 26.7. The molecule has 0 radical (unpaired) electrons. The molecule has 0 heterocycles. The molecule has 354 valence electrons. The van der Waals surface area contributed by atoms with Gasteiger partial charge in [-0.2, -0.15) is 0 Å². The van der Waals surface area contributed by atoms with E-state index in [0.717, 1.165) is 64.2 Å². The normalized spacial score (nSPS) is 12.0. The Bertz CT molecular complexity index is 931. The molecule has 60 heavy (non-hydrogen) atoms. The van der Waals surface area contributed by atoms with Crippen molar-refractivity contribution < 1.29 is 28.6 Å². The van der Waals surface area contributed by atoms with Crippen molar-refractivity contribution in [1.29, 1.82) is 0 Å². The molecule has 6 heteroatoms. The number of carbonyl (C=O) groups excluding carboxylic acids is 3. The van der Waals surface area contributed by atoms with Crippen molar-refractivity contribution in [2.75, 3.05) is 13.2 Å². The van der Waals surface area contributed by atoms with E-state index in [2.05, 4.69) is 32.9 Å². The average Bonchev–Trinajstić information content (AvgIpc) is 3.24. The summed E-state index contributed by atoms with van der Waals surface area (Å²) in [5.41, 5.74) is 0. The van der Waals surface area contributed by atoms with Crippen LogP contribution < -0.4 is 0 Å². The molecule has 0 unspecified atom stereocenters. The largest absolute Gasteiger partial charge is 0.462 e. The Morgan fingerprint density at radius 3 is 0.833 bits per heavy atom. The fourth-order valence-corrected chi connectivity index (χ4v) is 7.97. The van der Waals surface area contributed by atoms with E-state index in [1.807, 2.05) is 0 Å². The van der Waals surface area contributed by atoms with Gasteiger partial charge in [-0.25, -0.2) is 0 Å². The first-order chi connectivity index (χ1) is 29.5. The quantitative estimate of drug-likeness (QED) is 0.0263. The van der Waals surface area contributed by atoms with Crippen LogP contribution in [0.1, 0.15) is 297 Å². The van der Waals surface area contributed by atoms with Crippen LogP contribution in [0.2, 0.25) is 0 Å². The molecular weight excluding hydrogens is 745 g/mol. The van der Waals surface area contributed by atoms with Crippen molar-refractivity contribution in [3.05, 3.63) is 12.2 Å². The summed E-state index contributed by atoms with van der Waals surface area (Å²) >= 11 is 0. The first kappa shape index (κ1) is 58.1. The van der Waals surface area contributed by atoms with Crippen molar-refractivity contribution in [2.45, 2.75) is 303 Å². The lowest BCUT2D eigenvalue weighted by Crippen LogP contribution is -2.30. The summed E-state index contributed by atoms with van der Waals surface area (Å²) in [6.45, 7) is 6.66. The third-order valence-corrected chi connectivity index (χ3v) is 12.0. The summed E-state index contributed by atoms with van der Waals surface area (Å²) in [6.07, 6.45) is 54.7. The maximum Gasteiger partial charge on any atom is 0.306 e. The van der Waals surface area contributed by atoms with E-state index in [-0.39, 0.29) is 31.1 Å². The molecule has 0 aliphatic heterocycles. The first-order valence-corrected chi connectivity index (χ1v) is 26.7. The molecule has 0 N–H and O–H groups in total. The van der Waals surface area contributed by atoms with Gasteiger partial charge in [0.15, 0.2) is 6.10 Å². The second-order valence-corrected chi connectivity index (χ2v) is 18.2. The summed E-state index contributed by atoms with van der Waals surface area (Å²) < 4.78 is 16.8. The van der Waals surface area contributed by atoms with Crippen LogP contribution in [0.25, 0.3) is 0 Å². The highest BCUT2D eigenvalue weighted by Gasteiger charge is 2.19. The summed E-state index contributed by atoms with van der Waals surface area (Å²) in [5, 5.41) is 0. The van der Waals surface area contributed by atoms with Crippen molar-refractivity contribution in [3.8, 4) is 0 Å². The zero-order valence-corrected chi connectivity index (χ0v) is 40.5. The minimum absolute atomic E-state index is 0.0679. The fraction of sp³-hybridized carbons (Fsp3) is 0.907. The van der Waals surface area contributed by atoms with Crippen LogP contribution >= 0.6 is 0 Å². The maximum atomic E-state index is 12.8. The molecule has 0 amide bonds. The van der Waals surface area contributed by atoms with Crippen molar-refractivity contribution >= 4 is 17.9 Å². The Labute approximate surface area is 373 Å². The Hall–Kier alpha value is -1.85. The third-order valence-electron chi connectivity index (χ3n) is 12.0. The summed E-state index contributed by atoms with van der Waals surface area (Å²) in [5.74, 6) is -0.858. The monoisotopic (exact) mass is 847 g/mol. The minimum atomic E-state index is -0.767. The van der Waals surface area contributed by atoms with Gasteiger partial charge < -0.3 is 14.2 Å². The van der Waals surface area contributed by atoms with Gasteiger partial charge in [0.1, 0.15) is 13.2 Å². The maximum absolute atomic E-state index is 12.8. The van der Waals surface area contributed by atoms with Gasteiger partial charge in [0.2, 0.25) is 0 Å². The Kier molecular flexibility index (Phi) is 48.3. The van der Waals surface area contributed by atoms with Gasteiger partial charge in [-0.1, -0.05) is 245 Å². The number of ether oxygens (including phenoxy) is 3. The van der Waals surface area contributed by atoms with Crippen LogP contribution in [-0.4, -0.2) is 37.2 Å². The lowest BCUT2D eigenvalue weighted by molar-refractivity contribution is -0.167. The molecule has 0 fully saturated rings. The molecule has 0 aliphatic carbocycles. The lowest BCUT2D eigenvalue weighted by Gasteiger charge is -2.18.